The molecule has 0 saturated carbocycles. The summed E-state index contributed by atoms with van der Waals surface area (Å²) in [5.74, 6) is 2.15. The van der Waals surface area contributed by atoms with Gasteiger partial charge in [0.15, 0.2) is 0 Å². The number of nitrogen functional groups attached to an aromatic ring is 1. The van der Waals surface area contributed by atoms with Crippen LogP contribution in [0.4, 0.5) is 23.3 Å². The number of methoxy groups -OCH3 is 1. The minimum absolute atomic E-state index is 0.101. The van der Waals surface area contributed by atoms with Crippen LogP contribution in [0.25, 0.3) is 0 Å². The number of carbonyl (C=O) groups excluding carboxylic acids is 1. The van der Waals surface area contributed by atoms with Gasteiger partial charge >= 0.3 is 0 Å². The number of para-hydroxylation sites is 2. The fraction of sp³-hybridized carbons (Fsp3) is 0.158. The zero-order valence-corrected chi connectivity index (χ0v) is 16.3. The molecule has 0 unspecified atom stereocenters. The molecule has 1 amide bonds. The van der Waals surface area contributed by atoms with Gasteiger partial charge in [0.25, 0.3) is 0 Å². The molecule has 0 bridgehead atoms. The molecule has 3 rings (SSSR count). The van der Waals surface area contributed by atoms with Crippen LogP contribution in [0.3, 0.4) is 0 Å². The van der Waals surface area contributed by atoms with E-state index in [9.17, 15) is 4.79 Å². The molecule has 0 fully saturated rings. The van der Waals surface area contributed by atoms with Crippen molar-refractivity contribution in [3.63, 3.8) is 0 Å². The second-order valence-corrected chi connectivity index (χ2v) is 6.80. The number of aromatic nitrogens is 3. The van der Waals surface area contributed by atoms with Gasteiger partial charge in [-0.2, -0.15) is 15.0 Å². The lowest BCUT2D eigenvalue weighted by atomic mass is 10.3. The number of hydrogen-bond acceptors (Lipinski definition) is 8. The molecule has 1 heterocycles. The molecule has 2 aromatic carbocycles. The van der Waals surface area contributed by atoms with E-state index in [0.29, 0.717) is 23.3 Å². The standard InChI is InChI=1S/C19H20N6O2S/c1-12(26)21-13-7-9-14(10-8-13)28-11-17-23-18(20)25-19(24-17)22-15-5-3-4-6-16(15)27-2/h3-10H,11H2,1-2H3,(H,21,26)(H3,20,22,23,24,25). The van der Waals surface area contributed by atoms with Crippen LogP contribution in [0, 0.1) is 0 Å². The number of nitrogens with zero attached hydrogens (tertiary/aromatic N) is 3. The Labute approximate surface area is 167 Å². The SMILES string of the molecule is COc1ccccc1Nc1nc(N)nc(CSc2ccc(NC(C)=O)cc2)n1. The molecule has 0 aliphatic heterocycles. The molecule has 8 nitrogen and oxygen atoms in total. The van der Waals surface area contributed by atoms with E-state index in [1.54, 1.807) is 18.9 Å². The Morgan fingerprint density at radius 2 is 1.86 bits per heavy atom. The monoisotopic (exact) mass is 396 g/mol. The summed E-state index contributed by atoms with van der Waals surface area (Å²) in [5.41, 5.74) is 7.33. The largest absolute Gasteiger partial charge is 0.495 e. The zero-order chi connectivity index (χ0) is 19.9. The predicted molar refractivity (Wildman–Crippen MR) is 111 cm³/mol. The van der Waals surface area contributed by atoms with Gasteiger partial charge in [0.1, 0.15) is 11.6 Å². The molecule has 28 heavy (non-hydrogen) atoms. The minimum atomic E-state index is -0.101. The van der Waals surface area contributed by atoms with E-state index in [2.05, 4.69) is 25.6 Å². The molecule has 0 aliphatic carbocycles. The van der Waals surface area contributed by atoms with Crippen molar-refractivity contribution in [2.45, 2.75) is 17.6 Å². The molecular formula is C19H20N6O2S. The summed E-state index contributed by atoms with van der Waals surface area (Å²) in [6, 6.07) is 15.0. The van der Waals surface area contributed by atoms with Gasteiger partial charge in [-0.15, -0.1) is 11.8 Å². The van der Waals surface area contributed by atoms with Crippen LogP contribution in [0.15, 0.2) is 53.4 Å². The first kappa shape index (κ1) is 19.4. The van der Waals surface area contributed by atoms with Gasteiger partial charge in [-0.1, -0.05) is 12.1 Å². The van der Waals surface area contributed by atoms with Crippen molar-refractivity contribution in [1.82, 2.24) is 15.0 Å². The Balaban J connectivity index is 1.68. The van der Waals surface area contributed by atoms with E-state index in [1.807, 2.05) is 48.5 Å². The quantitative estimate of drug-likeness (QED) is 0.520. The normalized spacial score (nSPS) is 10.4. The maximum atomic E-state index is 11.1. The molecule has 1 aromatic heterocycles. The zero-order valence-electron chi connectivity index (χ0n) is 15.5. The Bertz CT molecular complexity index is 965. The van der Waals surface area contributed by atoms with Crippen LogP contribution in [-0.4, -0.2) is 28.0 Å². The fourth-order valence-corrected chi connectivity index (χ4v) is 3.17. The van der Waals surface area contributed by atoms with Gasteiger partial charge in [-0.25, -0.2) is 0 Å². The van der Waals surface area contributed by atoms with Gasteiger partial charge in [-0.05, 0) is 36.4 Å². The Morgan fingerprint density at radius 3 is 2.57 bits per heavy atom. The number of nitrogens with two attached hydrogens (primary N) is 1. The van der Waals surface area contributed by atoms with Crippen molar-refractivity contribution in [2.24, 2.45) is 0 Å². The van der Waals surface area contributed by atoms with Gasteiger partial charge in [0, 0.05) is 17.5 Å². The number of thioether (sulfide) groups is 1. The number of anilines is 4. The molecule has 0 spiro atoms. The third-order valence-electron chi connectivity index (χ3n) is 3.60. The lowest BCUT2D eigenvalue weighted by molar-refractivity contribution is -0.114. The molecule has 0 saturated heterocycles. The first-order valence-electron chi connectivity index (χ1n) is 8.44. The number of benzene rings is 2. The predicted octanol–water partition coefficient (Wildman–Crippen LogP) is 3.46. The van der Waals surface area contributed by atoms with Gasteiger partial charge < -0.3 is 21.1 Å². The van der Waals surface area contributed by atoms with Crippen LogP contribution in [0.2, 0.25) is 0 Å². The Kier molecular flexibility index (Phi) is 6.28. The summed E-state index contributed by atoms with van der Waals surface area (Å²) in [5, 5.41) is 5.85. The Morgan fingerprint density at radius 1 is 1.11 bits per heavy atom. The maximum absolute atomic E-state index is 11.1. The fourth-order valence-electron chi connectivity index (χ4n) is 2.41. The Hall–Kier alpha value is -3.33. The van der Waals surface area contributed by atoms with Crippen molar-refractivity contribution in [2.75, 3.05) is 23.5 Å². The maximum Gasteiger partial charge on any atom is 0.232 e. The summed E-state index contributed by atoms with van der Waals surface area (Å²) in [6.45, 7) is 1.48. The van der Waals surface area contributed by atoms with E-state index in [-0.39, 0.29) is 11.9 Å². The summed E-state index contributed by atoms with van der Waals surface area (Å²) >= 11 is 1.56. The highest BCUT2D eigenvalue weighted by atomic mass is 32.2. The van der Waals surface area contributed by atoms with Crippen molar-refractivity contribution < 1.29 is 9.53 Å². The topological polar surface area (TPSA) is 115 Å². The average molecular weight is 396 g/mol. The highest BCUT2D eigenvalue weighted by molar-refractivity contribution is 7.98. The van der Waals surface area contributed by atoms with Crippen LogP contribution >= 0.6 is 11.8 Å². The van der Waals surface area contributed by atoms with E-state index < -0.39 is 0 Å². The van der Waals surface area contributed by atoms with E-state index in [0.717, 1.165) is 16.3 Å². The first-order chi connectivity index (χ1) is 13.5. The molecule has 0 atom stereocenters. The number of rotatable bonds is 7. The summed E-state index contributed by atoms with van der Waals surface area (Å²) in [6.07, 6.45) is 0. The number of carbonyl (C=O) groups is 1. The molecule has 0 aliphatic rings. The molecule has 0 radical (unpaired) electrons. The lowest BCUT2D eigenvalue weighted by Gasteiger charge is -2.10. The van der Waals surface area contributed by atoms with Crippen LogP contribution in [0.1, 0.15) is 12.7 Å². The number of amides is 1. The molecular weight excluding hydrogens is 376 g/mol. The van der Waals surface area contributed by atoms with Crippen LogP contribution in [0.5, 0.6) is 5.75 Å². The minimum Gasteiger partial charge on any atom is -0.495 e. The van der Waals surface area contributed by atoms with Crippen molar-refractivity contribution in [3.8, 4) is 5.75 Å². The van der Waals surface area contributed by atoms with Gasteiger partial charge in [-0.3, -0.25) is 4.79 Å². The average Bonchev–Trinajstić information content (AvgIpc) is 2.67. The highest BCUT2D eigenvalue weighted by Crippen LogP contribution is 2.27. The molecule has 144 valence electrons. The van der Waals surface area contributed by atoms with Crippen LogP contribution in [-0.2, 0) is 10.5 Å². The van der Waals surface area contributed by atoms with Gasteiger partial charge in [0.2, 0.25) is 17.8 Å². The van der Waals surface area contributed by atoms with E-state index in [4.69, 9.17) is 10.5 Å². The third-order valence-corrected chi connectivity index (χ3v) is 4.60. The smallest absolute Gasteiger partial charge is 0.232 e. The number of hydrogen-bond donors (Lipinski definition) is 3. The highest BCUT2D eigenvalue weighted by Gasteiger charge is 2.08. The molecule has 3 aromatic rings. The lowest BCUT2D eigenvalue weighted by Crippen LogP contribution is -2.07. The van der Waals surface area contributed by atoms with E-state index in [1.165, 1.54) is 6.92 Å². The third kappa shape index (κ3) is 5.34. The second-order valence-electron chi connectivity index (χ2n) is 5.75. The molecule has 9 heteroatoms. The van der Waals surface area contributed by atoms with E-state index >= 15 is 0 Å². The van der Waals surface area contributed by atoms with Crippen LogP contribution < -0.4 is 21.1 Å². The van der Waals surface area contributed by atoms with Crippen molar-refractivity contribution in [1.29, 1.82) is 0 Å². The molecule has 4 N–H and O–H groups in total. The van der Waals surface area contributed by atoms with Crippen molar-refractivity contribution >= 4 is 40.9 Å². The number of ether oxygens (including phenoxy) is 1. The van der Waals surface area contributed by atoms with Crippen molar-refractivity contribution in [3.05, 3.63) is 54.4 Å². The summed E-state index contributed by atoms with van der Waals surface area (Å²) in [7, 11) is 1.60. The number of nitrogens with one attached hydrogen (secondary N) is 2. The summed E-state index contributed by atoms with van der Waals surface area (Å²) in [4.78, 5) is 24.9. The second kappa shape index (κ2) is 9.05. The first-order valence-corrected chi connectivity index (χ1v) is 9.43. The van der Waals surface area contributed by atoms with Gasteiger partial charge in [0.05, 0.1) is 18.6 Å². The summed E-state index contributed by atoms with van der Waals surface area (Å²) < 4.78 is 5.32.